The van der Waals surface area contributed by atoms with Gasteiger partial charge in [-0.05, 0) is 22.1 Å². The van der Waals surface area contributed by atoms with E-state index in [4.69, 9.17) is 4.74 Å². The Morgan fingerprint density at radius 3 is 3.05 bits per heavy atom. The number of tetrazole rings is 1. The zero-order valence-corrected chi connectivity index (χ0v) is 11.8. The first kappa shape index (κ1) is 13.1. The molecule has 0 bridgehead atoms. The third-order valence-corrected chi connectivity index (χ3v) is 3.36. The van der Waals surface area contributed by atoms with Gasteiger partial charge in [-0.3, -0.25) is 0 Å². The van der Waals surface area contributed by atoms with Crippen LogP contribution in [0.4, 0.5) is 0 Å². The molecule has 3 rings (SSSR count). The van der Waals surface area contributed by atoms with E-state index < -0.39 is 0 Å². The largest absolute Gasteiger partial charge is 0.488 e. The zero-order valence-electron chi connectivity index (χ0n) is 11.8. The van der Waals surface area contributed by atoms with E-state index in [9.17, 15) is 0 Å². The fourth-order valence-electron chi connectivity index (χ4n) is 2.34. The topological polar surface area (TPSA) is 64.9 Å². The standard InChI is InChI=1S/C14H19N5O/c1-10(2)15-8-14-16-17-18-19(14)9-12-7-11-5-3-4-6-13(11)20-12/h3-6,10,12,15H,7-9H2,1-2H3. The van der Waals surface area contributed by atoms with Crippen molar-refractivity contribution >= 4 is 0 Å². The summed E-state index contributed by atoms with van der Waals surface area (Å²) in [5.41, 5.74) is 1.26. The average Bonchev–Trinajstić information content (AvgIpc) is 3.02. The van der Waals surface area contributed by atoms with Gasteiger partial charge >= 0.3 is 0 Å². The molecule has 1 atom stereocenters. The second kappa shape index (κ2) is 5.58. The molecule has 0 saturated heterocycles. The van der Waals surface area contributed by atoms with Crippen LogP contribution in [0.3, 0.4) is 0 Å². The highest BCUT2D eigenvalue weighted by Gasteiger charge is 2.24. The number of para-hydroxylation sites is 1. The third kappa shape index (κ3) is 2.80. The van der Waals surface area contributed by atoms with Crippen molar-refractivity contribution in [2.45, 2.75) is 45.5 Å². The highest BCUT2D eigenvalue weighted by molar-refractivity contribution is 5.37. The molecule has 0 saturated carbocycles. The molecule has 106 valence electrons. The zero-order chi connectivity index (χ0) is 13.9. The van der Waals surface area contributed by atoms with E-state index in [0.29, 0.717) is 19.1 Å². The predicted molar refractivity (Wildman–Crippen MR) is 74.4 cm³/mol. The van der Waals surface area contributed by atoms with Gasteiger partial charge in [0.05, 0.1) is 13.1 Å². The SMILES string of the molecule is CC(C)NCc1nnnn1CC1Cc2ccccc2O1. The summed E-state index contributed by atoms with van der Waals surface area (Å²) in [7, 11) is 0. The molecular weight excluding hydrogens is 254 g/mol. The molecule has 0 aliphatic carbocycles. The van der Waals surface area contributed by atoms with Gasteiger partial charge < -0.3 is 10.1 Å². The lowest BCUT2D eigenvalue weighted by Crippen LogP contribution is -2.27. The maximum Gasteiger partial charge on any atom is 0.165 e. The number of nitrogens with zero attached hydrogens (tertiary/aromatic N) is 4. The van der Waals surface area contributed by atoms with Gasteiger partial charge in [0, 0.05) is 12.5 Å². The normalized spacial score (nSPS) is 17.2. The molecule has 1 aliphatic rings. The van der Waals surface area contributed by atoms with Crippen molar-refractivity contribution in [3.8, 4) is 5.75 Å². The Balaban J connectivity index is 1.64. The predicted octanol–water partition coefficient (Wildman–Crippen LogP) is 1.17. The molecule has 0 spiro atoms. The van der Waals surface area contributed by atoms with Crippen LogP contribution in [0.25, 0.3) is 0 Å². The molecule has 0 amide bonds. The molecule has 6 heteroatoms. The average molecular weight is 273 g/mol. The van der Waals surface area contributed by atoms with Gasteiger partial charge in [0.2, 0.25) is 0 Å². The summed E-state index contributed by atoms with van der Waals surface area (Å²) in [6, 6.07) is 8.56. The van der Waals surface area contributed by atoms with Gasteiger partial charge in [-0.25, -0.2) is 4.68 Å². The van der Waals surface area contributed by atoms with E-state index >= 15 is 0 Å². The fraction of sp³-hybridized carbons (Fsp3) is 0.500. The van der Waals surface area contributed by atoms with Gasteiger partial charge in [-0.15, -0.1) is 5.10 Å². The Kier molecular flexibility index (Phi) is 3.64. The van der Waals surface area contributed by atoms with E-state index in [1.807, 2.05) is 22.9 Å². The third-order valence-electron chi connectivity index (χ3n) is 3.36. The van der Waals surface area contributed by atoms with Crippen molar-refractivity contribution in [3.05, 3.63) is 35.7 Å². The van der Waals surface area contributed by atoms with Crippen LogP contribution in [0, 0.1) is 0 Å². The lowest BCUT2D eigenvalue weighted by atomic mass is 10.1. The molecule has 1 aliphatic heterocycles. The van der Waals surface area contributed by atoms with Crippen LogP contribution in [0.1, 0.15) is 25.2 Å². The Morgan fingerprint density at radius 2 is 2.25 bits per heavy atom. The summed E-state index contributed by atoms with van der Waals surface area (Å²) in [5, 5.41) is 15.2. The number of fused-ring (bicyclic) bond motifs is 1. The smallest absolute Gasteiger partial charge is 0.165 e. The van der Waals surface area contributed by atoms with Crippen LogP contribution in [0.2, 0.25) is 0 Å². The Labute approximate surface area is 118 Å². The molecule has 0 fully saturated rings. The molecule has 2 aromatic rings. The molecule has 2 heterocycles. The summed E-state index contributed by atoms with van der Waals surface area (Å²) in [5.74, 6) is 1.82. The second-order valence-corrected chi connectivity index (χ2v) is 5.36. The number of hydrogen-bond acceptors (Lipinski definition) is 5. The number of rotatable bonds is 5. The number of ether oxygens (including phenoxy) is 1. The molecular formula is C14H19N5O. The molecule has 0 radical (unpaired) electrons. The van der Waals surface area contributed by atoms with Gasteiger partial charge in [0.25, 0.3) is 0 Å². The maximum absolute atomic E-state index is 5.92. The van der Waals surface area contributed by atoms with E-state index in [1.165, 1.54) is 5.56 Å². The van der Waals surface area contributed by atoms with E-state index in [1.54, 1.807) is 0 Å². The lowest BCUT2D eigenvalue weighted by Gasteiger charge is -2.12. The minimum absolute atomic E-state index is 0.105. The van der Waals surface area contributed by atoms with Crippen LogP contribution < -0.4 is 10.1 Å². The molecule has 1 unspecified atom stereocenters. The van der Waals surface area contributed by atoms with Gasteiger partial charge in [-0.1, -0.05) is 32.0 Å². The van der Waals surface area contributed by atoms with Crippen molar-refractivity contribution in [3.63, 3.8) is 0 Å². The Morgan fingerprint density at radius 1 is 1.40 bits per heavy atom. The first-order valence-corrected chi connectivity index (χ1v) is 6.95. The highest BCUT2D eigenvalue weighted by atomic mass is 16.5. The number of benzene rings is 1. The minimum Gasteiger partial charge on any atom is -0.488 e. The van der Waals surface area contributed by atoms with Crippen LogP contribution in [0.15, 0.2) is 24.3 Å². The van der Waals surface area contributed by atoms with Crippen molar-refractivity contribution in [2.24, 2.45) is 0 Å². The van der Waals surface area contributed by atoms with Crippen LogP contribution in [-0.4, -0.2) is 32.4 Å². The quantitative estimate of drug-likeness (QED) is 0.886. The van der Waals surface area contributed by atoms with Crippen LogP contribution in [0.5, 0.6) is 5.75 Å². The highest BCUT2D eigenvalue weighted by Crippen LogP contribution is 2.28. The summed E-state index contributed by atoms with van der Waals surface area (Å²) < 4.78 is 7.75. The molecule has 6 nitrogen and oxygen atoms in total. The maximum atomic E-state index is 5.92. The van der Waals surface area contributed by atoms with Gasteiger partial charge in [0.1, 0.15) is 11.9 Å². The number of nitrogens with one attached hydrogen (secondary N) is 1. The fourth-order valence-corrected chi connectivity index (χ4v) is 2.34. The van der Waals surface area contributed by atoms with Crippen molar-refractivity contribution in [1.29, 1.82) is 0 Å². The monoisotopic (exact) mass is 273 g/mol. The van der Waals surface area contributed by atoms with Crippen molar-refractivity contribution in [2.75, 3.05) is 0 Å². The summed E-state index contributed by atoms with van der Waals surface area (Å²) in [6.07, 6.45) is 1.02. The van der Waals surface area contributed by atoms with Crippen molar-refractivity contribution in [1.82, 2.24) is 25.5 Å². The molecule has 1 aromatic carbocycles. The van der Waals surface area contributed by atoms with Crippen LogP contribution >= 0.6 is 0 Å². The van der Waals surface area contributed by atoms with E-state index in [0.717, 1.165) is 18.0 Å². The van der Waals surface area contributed by atoms with E-state index in [2.05, 4.69) is 40.8 Å². The second-order valence-electron chi connectivity index (χ2n) is 5.36. The summed E-state index contributed by atoms with van der Waals surface area (Å²) in [6.45, 7) is 5.55. The number of hydrogen-bond donors (Lipinski definition) is 1. The molecule has 1 aromatic heterocycles. The Hall–Kier alpha value is -1.95. The van der Waals surface area contributed by atoms with E-state index in [-0.39, 0.29) is 6.10 Å². The van der Waals surface area contributed by atoms with Crippen molar-refractivity contribution < 1.29 is 4.74 Å². The molecule has 1 N–H and O–H groups in total. The van der Waals surface area contributed by atoms with Crippen LogP contribution in [-0.2, 0) is 19.5 Å². The first-order valence-electron chi connectivity index (χ1n) is 6.95. The summed E-state index contributed by atoms with van der Waals surface area (Å²) >= 11 is 0. The first-order chi connectivity index (χ1) is 9.72. The van der Waals surface area contributed by atoms with Gasteiger partial charge in [0.15, 0.2) is 5.82 Å². The lowest BCUT2D eigenvalue weighted by molar-refractivity contribution is 0.200. The van der Waals surface area contributed by atoms with Gasteiger partial charge in [-0.2, -0.15) is 0 Å². The Bertz CT molecular complexity index is 555. The summed E-state index contributed by atoms with van der Waals surface area (Å²) in [4.78, 5) is 0. The molecule has 20 heavy (non-hydrogen) atoms. The number of aromatic nitrogens is 4. The minimum atomic E-state index is 0.105.